The van der Waals surface area contributed by atoms with Crippen molar-refractivity contribution in [2.24, 2.45) is 12.5 Å². The van der Waals surface area contributed by atoms with Crippen LogP contribution >= 0.6 is 0 Å². The highest BCUT2D eigenvalue weighted by atomic mass is 19.1. The third-order valence-corrected chi connectivity index (χ3v) is 5.46. The third-order valence-electron chi connectivity index (χ3n) is 5.46. The minimum absolute atomic E-state index is 0.0860. The van der Waals surface area contributed by atoms with Gasteiger partial charge in [0, 0.05) is 43.2 Å². The lowest BCUT2D eigenvalue weighted by atomic mass is 9.69. The van der Waals surface area contributed by atoms with Crippen LogP contribution in [0.2, 0.25) is 0 Å². The van der Waals surface area contributed by atoms with Crippen molar-refractivity contribution in [3.8, 4) is 11.3 Å². The topological polar surface area (TPSA) is 59.4 Å². The Hall–Kier alpha value is -2.48. The van der Waals surface area contributed by atoms with Crippen molar-refractivity contribution in [1.82, 2.24) is 14.7 Å². The fraction of sp³-hybridized carbons (Fsp3) is 0.474. The number of nitrogens with zero attached hydrogens (tertiary/aromatic N) is 3. The molecule has 1 aliphatic heterocycles. The van der Waals surface area contributed by atoms with Crippen LogP contribution in [0.4, 0.5) is 19.4 Å². The summed E-state index contributed by atoms with van der Waals surface area (Å²) in [6, 6.07) is 4.70. The van der Waals surface area contributed by atoms with Crippen LogP contribution in [0.15, 0.2) is 24.3 Å². The summed E-state index contributed by atoms with van der Waals surface area (Å²) < 4.78 is 34.3. The molecule has 6 nitrogen and oxygen atoms in total. The molecule has 4 rings (SSSR count). The summed E-state index contributed by atoms with van der Waals surface area (Å²) in [5.74, 6) is -0.886. The highest BCUT2D eigenvalue weighted by molar-refractivity contribution is 5.89. The fourth-order valence-corrected chi connectivity index (χ4v) is 3.75. The number of urea groups is 1. The van der Waals surface area contributed by atoms with E-state index in [1.54, 1.807) is 18.0 Å². The number of amides is 2. The molecule has 1 aromatic heterocycles. The van der Waals surface area contributed by atoms with Crippen LogP contribution in [0.1, 0.15) is 19.3 Å². The van der Waals surface area contributed by atoms with Crippen molar-refractivity contribution < 1.29 is 18.3 Å². The first-order valence-electron chi connectivity index (χ1n) is 9.09. The van der Waals surface area contributed by atoms with E-state index < -0.39 is 11.6 Å². The third kappa shape index (κ3) is 3.53. The van der Waals surface area contributed by atoms with Crippen LogP contribution in [-0.4, -0.2) is 47.0 Å². The number of aromatic nitrogens is 2. The van der Waals surface area contributed by atoms with Gasteiger partial charge < -0.3 is 9.64 Å². The number of hydrogen-bond acceptors (Lipinski definition) is 3. The number of carbonyl (C=O) groups excluding carboxylic acids is 1. The molecule has 0 unspecified atom stereocenters. The van der Waals surface area contributed by atoms with Crippen LogP contribution < -0.4 is 5.32 Å². The number of halogens is 2. The smallest absolute Gasteiger partial charge is 0.323 e. The minimum Gasteiger partial charge on any atom is -0.379 e. The molecule has 8 heteroatoms. The molecule has 27 heavy (non-hydrogen) atoms. The minimum atomic E-state index is -0.692. The van der Waals surface area contributed by atoms with Crippen LogP contribution in [0, 0.1) is 17.0 Å². The van der Waals surface area contributed by atoms with E-state index in [0.29, 0.717) is 37.8 Å². The van der Waals surface area contributed by atoms with Gasteiger partial charge in [-0.15, -0.1) is 0 Å². The Morgan fingerprint density at radius 3 is 2.81 bits per heavy atom. The number of aryl methyl sites for hydroxylation is 1. The summed E-state index contributed by atoms with van der Waals surface area (Å²) in [5, 5.41) is 7.09. The van der Waals surface area contributed by atoms with Gasteiger partial charge in [-0.2, -0.15) is 5.10 Å². The zero-order valence-electron chi connectivity index (χ0n) is 15.2. The van der Waals surface area contributed by atoms with Gasteiger partial charge in [0.2, 0.25) is 0 Å². The van der Waals surface area contributed by atoms with Gasteiger partial charge in [0.15, 0.2) is 0 Å². The van der Waals surface area contributed by atoms with Crippen LogP contribution in [0.3, 0.4) is 0 Å². The van der Waals surface area contributed by atoms with Gasteiger partial charge in [-0.25, -0.2) is 13.6 Å². The number of ether oxygens (including phenoxy) is 1. The van der Waals surface area contributed by atoms with E-state index in [1.165, 1.54) is 23.2 Å². The van der Waals surface area contributed by atoms with Crippen molar-refractivity contribution in [3.05, 3.63) is 35.9 Å². The molecule has 2 aliphatic rings. The highest BCUT2D eigenvalue weighted by Crippen LogP contribution is 2.42. The summed E-state index contributed by atoms with van der Waals surface area (Å²) in [4.78, 5) is 14.5. The number of benzene rings is 1. The predicted molar refractivity (Wildman–Crippen MR) is 96.3 cm³/mol. The van der Waals surface area contributed by atoms with E-state index in [0.717, 1.165) is 18.9 Å². The first-order chi connectivity index (χ1) is 13.0. The Bertz CT molecular complexity index is 863. The molecule has 2 amide bonds. The second-order valence-corrected chi connectivity index (χ2v) is 7.42. The van der Waals surface area contributed by atoms with Crippen LogP contribution in [-0.2, 0) is 11.8 Å². The average Bonchev–Trinajstić information content (AvgIpc) is 2.82. The molecule has 1 saturated carbocycles. The molecule has 0 atom stereocenters. The van der Waals surface area contributed by atoms with Crippen molar-refractivity contribution >= 4 is 11.8 Å². The molecule has 1 aliphatic carbocycles. The molecule has 2 heterocycles. The van der Waals surface area contributed by atoms with Gasteiger partial charge in [-0.05, 0) is 25.0 Å². The van der Waals surface area contributed by atoms with Gasteiger partial charge in [-0.1, -0.05) is 6.42 Å². The van der Waals surface area contributed by atoms with E-state index in [1.807, 2.05) is 0 Å². The fourth-order valence-electron chi connectivity index (χ4n) is 3.75. The maximum absolute atomic E-state index is 14.0. The standard InChI is InChI=1S/C19H22F2N4O2/c1-24-17(10-16(23-24)14-4-3-13(20)9-15(14)21)22-18(26)25-7-8-27-12-19(11-25)5-2-6-19/h3-4,9-10H,2,5-8,11-12H2,1H3,(H,22,26). The molecule has 1 saturated heterocycles. The molecule has 0 radical (unpaired) electrons. The Labute approximate surface area is 156 Å². The van der Waals surface area contributed by atoms with Gasteiger partial charge in [-0.3, -0.25) is 10.00 Å². The zero-order valence-corrected chi connectivity index (χ0v) is 15.2. The van der Waals surface area contributed by atoms with Crippen molar-refractivity contribution in [3.63, 3.8) is 0 Å². The van der Waals surface area contributed by atoms with Gasteiger partial charge in [0.05, 0.1) is 18.9 Å². The van der Waals surface area contributed by atoms with Crippen molar-refractivity contribution in [1.29, 1.82) is 0 Å². The summed E-state index contributed by atoms with van der Waals surface area (Å²) in [5.41, 5.74) is 0.604. The first kappa shape index (κ1) is 17.9. The molecule has 1 spiro atoms. The van der Waals surface area contributed by atoms with E-state index in [4.69, 9.17) is 4.74 Å². The summed E-state index contributed by atoms with van der Waals surface area (Å²) >= 11 is 0. The maximum Gasteiger partial charge on any atom is 0.323 e. The SMILES string of the molecule is Cn1nc(-c2ccc(F)cc2F)cc1NC(=O)N1CCOCC2(CCC2)C1. The lowest BCUT2D eigenvalue weighted by Crippen LogP contribution is -2.46. The zero-order chi connectivity index (χ0) is 19.0. The van der Waals surface area contributed by atoms with Crippen LogP contribution in [0.5, 0.6) is 0 Å². The Morgan fingerprint density at radius 2 is 2.11 bits per heavy atom. The number of rotatable bonds is 2. The highest BCUT2D eigenvalue weighted by Gasteiger charge is 2.41. The van der Waals surface area contributed by atoms with E-state index >= 15 is 0 Å². The Morgan fingerprint density at radius 1 is 1.30 bits per heavy atom. The monoisotopic (exact) mass is 376 g/mol. The Balaban J connectivity index is 1.50. The van der Waals surface area contributed by atoms with E-state index in [9.17, 15) is 13.6 Å². The van der Waals surface area contributed by atoms with Crippen LogP contribution in [0.25, 0.3) is 11.3 Å². The van der Waals surface area contributed by atoms with Gasteiger partial charge in [0.25, 0.3) is 0 Å². The lowest BCUT2D eigenvalue weighted by molar-refractivity contribution is 0.0130. The van der Waals surface area contributed by atoms with Crippen molar-refractivity contribution in [2.45, 2.75) is 19.3 Å². The normalized spacial score (nSPS) is 18.9. The number of hydrogen-bond donors (Lipinski definition) is 1. The number of carbonyl (C=O) groups is 1. The first-order valence-corrected chi connectivity index (χ1v) is 9.09. The summed E-state index contributed by atoms with van der Waals surface area (Å²) in [7, 11) is 1.67. The molecule has 1 N–H and O–H groups in total. The van der Waals surface area contributed by atoms with Gasteiger partial charge in [0.1, 0.15) is 17.5 Å². The molecule has 1 aromatic carbocycles. The largest absolute Gasteiger partial charge is 0.379 e. The Kier molecular flexibility index (Phi) is 4.59. The molecule has 2 fully saturated rings. The second kappa shape index (κ2) is 6.92. The lowest BCUT2D eigenvalue weighted by Gasteiger charge is -2.42. The predicted octanol–water partition coefficient (Wildman–Crippen LogP) is 3.40. The summed E-state index contributed by atoms with van der Waals surface area (Å²) in [6.45, 7) is 2.43. The van der Waals surface area contributed by atoms with E-state index in [-0.39, 0.29) is 17.0 Å². The molecular formula is C19H22F2N4O2. The summed E-state index contributed by atoms with van der Waals surface area (Å²) in [6.07, 6.45) is 3.33. The average molecular weight is 376 g/mol. The number of nitrogens with one attached hydrogen (secondary N) is 1. The molecule has 0 bridgehead atoms. The maximum atomic E-state index is 14.0. The van der Waals surface area contributed by atoms with E-state index in [2.05, 4.69) is 10.4 Å². The van der Waals surface area contributed by atoms with Gasteiger partial charge >= 0.3 is 6.03 Å². The molecule has 144 valence electrons. The second-order valence-electron chi connectivity index (χ2n) is 7.42. The van der Waals surface area contributed by atoms with Crippen molar-refractivity contribution in [2.75, 3.05) is 31.6 Å². The molecular weight excluding hydrogens is 354 g/mol. The quantitative estimate of drug-likeness (QED) is 0.874. The molecule has 2 aromatic rings. The number of anilines is 1.